The first-order valence-corrected chi connectivity index (χ1v) is 9.22. The smallest absolute Gasteiger partial charge is 0.193 e. The number of rotatable bonds is 7. The molecule has 0 aromatic heterocycles. The van der Waals surface area contributed by atoms with Crippen LogP contribution in [0, 0.1) is 0 Å². The van der Waals surface area contributed by atoms with Crippen molar-refractivity contribution in [3.05, 3.63) is 48.0 Å². The lowest BCUT2D eigenvalue weighted by atomic mass is 10.2. The number of nitrogens with two attached hydrogens (primary N) is 1. The molecule has 6 nitrogen and oxygen atoms in total. The van der Waals surface area contributed by atoms with Crippen molar-refractivity contribution in [2.75, 3.05) is 19.5 Å². The average Bonchev–Trinajstić information content (AvgIpc) is 3.20. The molecule has 2 aromatic rings. The molecule has 3 rings (SSSR count). The summed E-state index contributed by atoms with van der Waals surface area (Å²) in [7, 11) is 3.29. The largest absolute Gasteiger partial charge is 0.497 e. The van der Waals surface area contributed by atoms with Crippen molar-refractivity contribution in [2.24, 2.45) is 10.7 Å². The van der Waals surface area contributed by atoms with E-state index in [1.165, 1.54) is 12.8 Å². The second-order valence-electron chi connectivity index (χ2n) is 6.56. The molecule has 1 saturated carbocycles. The van der Waals surface area contributed by atoms with Gasteiger partial charge in [-0.3, -0.25) is 0 Å². The minimum Gasteiger partial charge on any atom is -0.497 e. The predicted molar refractivity (Wildman–Crippen MR) is 108 cm³/mol. The molecular formula is C21H27N3O3. The molecule has 0 atom stereocenters. The van der Waals surface area contributed by atoms with E-state index in [1.807, 2.05) is 42.5 Å². The molecule has 0 bridgehead atoms. The summed E-state index contributed by atoms with van der Waals surface area (Å²) in [5.41, 5.74) is 7.86. The van der Waals surface area contributed by atoms with Crippen molar-refractivity contribution in [1.29, 1.82) is 0 Å². The van der Waals surface area contributed by atoms with E-state index >= 15 is 0 Å². The summed E-state index contributed by atoms with van der Waals surface area (Å²) in [5, 5.41) is 3.08. The van der Waals surface area contributed by atoms with Crippen LogP contribution in [0.15, 0.2) is 47.5 Å². The Hall–Kier alpha value is -2.89. The minimum absolute atomic E-state index is 0.270. The molecule has 0 amide bonds. The van der Waals surface area contributed by atoms with Crippen molar-refractivity contribution in [3.8, 4) is 17.2 Å². The molecule has 0 radical (unpaired) electrons. The second kappa shape index (κ2) is 9.16. The van der Waals surface area contributed by atoms with Crippen LogP contribution in [0.3, 0.4) is 0 Å². The minimum atomic E-state index is 0.270. The first-order chi connectivity index (χ1) is 13.2. The Balaban J connectivity index is 1.70. The lowest BCUT2D eigenvalue weighted by Gasteiger charge is -2.17. The van der Waals surface area contributed by atoms with Gasteiger partial charge in [-0.25, -0.2) is 4.99 Å². The van der Waals surface area contributed by atoms with Crippen molar-refractivity contribution in [2.45, 2.75) is 38.3 Å². The Bertz CT molecular complexity index is 786. The van der Waals surface area contributed by atoms with Gasteiger partial charge in [0.2, 0.25) is 0 Å². The van der Waals surface area contributed by atoms with E-state index in [0.29, 0.717) is 12.5 Å². The highest BCUT2D eigenvalue weighted by Gasteiger charge is 2.18. The Kier molecular flexibility index (Phi) is 6.41. The first-order valence-electron chi connectivity index (χ1n) is 9.22. The highest BCUT2D eigenvalue weighted by molar-refractivity contribution is 5.92. The summed E-state index contributed by atoms with van der Waals surface area (Å²) in [6.07, 6.45) is 4.91. The van der Waals surface area contributed by atoms with E-state index in [4.69, 9.17) is 19.9 Å². The molecule has 1 fully saturated rings. The van der Waals surface area contributed by atoms with Gasteiger partial charge in [-0.05, 0) is 49.9 Å². The molecule has 1 aliphatic carbocycles. The van der Waals surface area contributed by atoms with E-state index in [1.54, 1.807) is 14.2 Å². The van der Waals surface area contributed by atoms with Crippen molar-refractivity contribution >= 4 is 11.6 Å². The van der Waals surface area contributed by atoms with Gasteiger partial charge in [0.15, 0.2) is 5.96 Å². The van der Waals surface area contributed by atoms with Crippen molar-refractivity contribution in [1.82, 2.24) is 0 Å². The van der Waals surface area contributed by atoms with Crippen LogP contribution in [0.5, 0.6) is 17.2 Å². The number of benzene rings is 2. The molecule has 0 heterocycles. The lowest BCUT2D eigenvalue weighted by molar-refractivity contribution is 0.207. The van der Waals surface area contributed by atoms with Gasteiger partial charge in [-0.2, -0.15) is 0 Å². The van der Waals surface area contributed by atoms with Gasteiger partial charge >= 0.3 is 0 Å². The number of hydrogen-bond acceptors (Lipinski definition) is 4. The molecular weight excluding hydrogens is 342 g/mol. The normalized spacial score (nSPS) is 14.8. The van der Waals surface area contributed by atoms with Crippen LogP contribution >= 0.6 is 0 Å². The Labute approximate surface area is 160 Å². The van der Waals surface area contributed by atoms with Crippen LogP contribution < -0.4 is 25.3 Å². The second-order valence-corrected chi connectivity index (χ2v) is 6.56. The van der Waals surface area contributed by atoms with Gasteiger partial charge in [-0.1, -0.05) is 6.07 Å². The summed E-state index contributed by atoms with van der Waals surface area (Å²) < 4.78 is 16.8. The maximum Gasteiger partial charge on any atom is 0.193 e. The standard InChI is InChI=1S/C21H27N3O3/c1-25-18-9-5-6-16(12-18)24-21(22)23-14-15-10-11-19(26-2)13-20(15)27-17-7-3-4-8-17/h5-6,9-13,17H,3-4,7-8,14H2,1-2H3,(H3,22,23,24). The quantitative estimate of drug-likeness (QED) is 0.571. The molecule has 0 saturated heterocycles. The van der Waals surface area contributed by atoms with Crippen LogP contribution in [0.25, 0.3) is 0 Å². The van der Waals surface area contributed by atoms with Crippen molar-refractivity contribution in [3.63, 3.8) is 0 Å². The number of hydrogen-bond donors (Lipinski definition) is 2. The number of anilines is 1. The molecule has 0 spiro atoms. The van der Waals surface area contributed by atoms with E-state index in [2.05, 4.69) is 10.3 Å². The van der Waals surface area contributed by atoms with E-state index in [0.717, 1.165) is 41.3 Å². The van der Waals surface area contributed by atoms with Crippen molar-refractivity contribution < 1.29 is 14.2 Å². The topological polar surface area (TPSA) is 78.1 Å². The van der Waals surface area contributed by atoms with Gasteiger partial charge in [-0.15, -0.1) is 0 Å². The van der Waals surface area contributed by atoms with E-state index in [9.17, 15) is 0 Å². The van der Waals surface area contributed by atoms with E-state index in [-0.39, 0.29) is 6.10 Å². The maximum absolute atomic E-state index is 6.20. The molecule has 2 aromatic carbocycles. The number of methoxy groups -OCH3 is 2. The lowest BCUT2D eigenvalue weighted by Crippen LogP contribution is -2.22. The van der Waals surface area contributed by atoms with E-state index < -0.39 is 0 Å². The third kappa shape index (κ3) is 5.29. The van der Waals surface area contributed by atoms with Crippen LogP contribution in [-0.4, -0.2) is 26.3 Å². The Morgan fingerprint density at radius 3 is 2.56 bits per heavy atom. The summed E-state index contributed by atoms with van der Waals surface area (Å²) in [4.78, 5) is 4.46. The van der Waals surface area contributed by atoms with Gasteiger partial charge in [0.05, 0.1) is 26.9 Å². The summed E-state index contributed by atoms with van der Waals surface area (Å²) in [6, 6.07) is 13.4. The number of aliphatic imine (C=N–C) groups is 1. The Morgan fingerprint density at radius 2 is 1.81 bits per heavy atom. The van der Waals surface area contributed by atoms with Crippen LogP contribution in [-0.2, 0) is 6.54 Å². The van der Waals surface area contributed by atoms with Crippen LogP contribution in [0.2, 0.25) is 0 Å². The third-order valence-corrected chi connectivity index (χ3v) is 4.63. The van der Waals surface area contributed by atoms with Crippen LogP contribution in [0.4, 0.5) is 5.69 Å². The molecule has 144 valence electrons. The number of ether oxygens (including phenoxy) is 3. The van der Waals surface area contributed by atoms with Gasteiger partial charge in [0.1, 0.15) is 17.2 Å². The third-order valence-electron chi connectivity index (χ3n) is 4.63. The molecule has 0 unspecified atom stereocenters. The zero-order valence-electron chi connectivity index (χ0n) is 15.9. The Morgan fingerprint density at radius 1 is 1.07 bits per heavy atom. The monoisotopic (exact) mass is 369 g/mol. The molecule has 1 aliphatic rings. The average molecular weight is 369 g/mol. The highest BCUT2D eigenvalue weighted by Crippen LogP contribution is 2.30. The summed E-state index contributed by atoms with van der Waals surface area (Å²) in [6.45, 7) is 0.425. The van der Waals surface area contributed by atoms with Gasteiger partial charge in [0, 0.05) is 23.4 Å². The number of nitrogens with zero attached hydrogens (tertiary/aromatic N) is 1. The SMILES string of the molecule is COc1cccc(NC(N)=NCc2ccc(OC)cc2OC2CCCC2)c1. The molecule has 3 N–H and O–H groups in total. The number of nitrogens with one attached hydrogen (secondary N) is 1. The zero-order valence-corrected chi connectivity index (χ0v) is 15.9. The fraction of sp³-hybridized carbons (Fsp3) is 0.381. The fourth-order valence-electron chi connectivity index (χ4n) is 3.15. The molecule has 0 aliphatic heterocycles. The number of guanidine groups is 1. The highest BCUT2D eigenvalue weighted by atomic mass is 16.5. The predicted octanol–water partition coefficient (Wildman–Crippen LogP) is 3.95. The molecule has 27 heavy (non-hydrogen) atoms. The summed E-state index contributed by atoms with van der Waals surface area (Å²) in [5.74, 6) is 2.69. The zero-order chi connectivity index (χ0) is 19.1. The van der Waals surface area contributed by atoms with Gasteiger partial charge < -0.3 is 25.3 Å². The maximum atomic E-state index is 6.20. The fourth-order valence-corrected chi connectivity index (χ4v) is 3.15. The first kappa shape index (κ1) is 18.9. The summed E-state index contributed by atoms with van der Waals surface area (Å²) >= 11 is 0. The van der Waals surface area contributed by atoms with Crippen LogP contribution in [0.1, 0.15) is 31.2 Å². The molecule has 6 heteroatoms. The van der Waals surface area contributed by atoms with Gasteiger partial charge in [0.25, 0.3) is 0 Å².